The van der Waals surface area contributed by atoms with E-state index in [0.717, 1.165) is 0 Å². The molecule has 1 rings (SSSR count). The van der Waals surface area contributed by atoms with E-state index < -0.39 is 11.8 Å². The molecule has 0 bridgehead atoms. The van der Waals surface area contributed by atoms with Crippen LogP contribution in [-0.4, -0.2) is 19.7 Å². The highest BCUT2D eigenvalue weighted by atomic mass is 19.1. The second-order valence-electron chi connectivity index (χ2n) is 3.34. The van der Waals surface area contributed by atoms with Gasteiger partial charge in [-0.15, -0.1) is 0 Å². The van der Waals surface area contributed by atoms with Crippen molar-refractivity contribution in [3.8, 4) is 5.75 Å². The van der Waals surface area contributed by atoms with E-state index in [0.29, 0.717) is 11.3 Å². The van der Waals surface area contributed by atoms with Crippen molar-refractivity contribution >= 4 is 5.97 Å². The fourth-order valence-electron chi connectivity index (χ4n) is 1.20. The molecule has 0 heterocycles. The molecule has 4 nitrogen and oxygen atoms in total. The Morgan fingerprint density at radius 1 is 1.56 bits per heavy atom. The molecule has 0 amide bonds. The number of rotatable bonds is 4. The molecule has 0 spiro atoms. The third-order valence-corrected chi connectivity index (χ3v) is 2.04. The predicted octanol–water partition coefficient (Wildman–Crippen LogP) is 1.40. The number of hydrogen-bond donors (Lipinski definition) is 1. The SMILES string of the molecule is COC(=O)COc1ccc(F)cc1[C@H](C)N. The van der Waals surface area contributed by atoms with Crippen LogP contribution < -0.4 is 10.5 Å². The van der Waals surface area contributed by atoms with Crippen LogP contribution in [-0.2, 0) is 9.53 Å². The topological polar surface area (TPSA) is 61.5 Å². The Balaban J connectivity index is 2.82. The first-order valence-electron chi connectivity index (χ1n) is 4.79. The molecule has 5 heteroatoms. The minimum absolute atomic E-state index is 0.220. The van der Waals surface area contributed by atoms with Crippen LogP contribution in [0, 0.1) is 5.82 Å². The molecule has 0 aliphatic rings. The fraction of sp³-hybridized carbons (Fsp3) is 0.364. The van der Waals surface area contributed by atoms with Gasteiger partial charge >= 0.3 is 5.97 Å². The number of halogens is 1. The number of ether oxygens (including phenoxy) is 2. The van der Waals surface area contributed by atoms with Gasteiger partial charge in [0.1, 0.15) is 11.6 Å². The number of methoxy groups -OCH3 is 1. The van der Waals surface area contributed by atoms with Crippen LogP contribution in [0.25, 0.3) is 0 Å². The maximum Gasteiger partial charge on any atom is 0.343 e. The van der Waals surface area contributed by atoms with Gasteiger partial charge in [0.05, 0.1) is 7.11 Å². The van der Waals surface area contributed by atoms with E-state index in [2.05, 4.69) is 4.74 Å². The molecule has 2 N–H and O–H groups in total. The summed E-state index contributed by atoms with van der Waals surface area (Å²) in [4.78, 5) is 10.9. The van der Waals surface area contributed by atoms with Crippen molar-refractivity contribution < 1.29 is 18.7 Å². The molecule has 1 aromatic rings. The predicted molar refractivity (Wildman–Crippen MR) is 56.5 cm³/mol. The Morgan fingerprint density at radius 2 is 2.25 bits per heavy atom. The summed E-state index contributed by atoms with van der Waals surface area (Å²) in [6.45, 7) is 1.49. The number of carbonyl (C=O) groups excluding carboxylic acids is 1. The Kier molecular flexibility index (Phi) is 4.25. The van der Waals surface area contributed by atoms with Crippen molar-refractivity contribution in [2.45, 2.75) is 13.0 Å². The Labute approximate surface area is 93.2 Å². The lowest BCUT2D eigenvalue weighted by Gasteiger charge is -2.13. The monoisotopic (exact) mass is 227 g/mol. The van der Waals surface area contributed by atoms with Crippen LogP contribution in [0.2, 0.25) is 0 Å². The van der Waals surface area contributed by atoms with E-state index >= 15 is 0 Å². The number of benzene rings is 1. The molecule has 0 aromatic heterocycles. The van der Waals surface area contributed by atoms with E-state index in [1.165, 1.54) is 25.3 Å². The zero-order valence-electron chi connectivity index (χ0n) is 9.20. The number of hydrogen-bond acceptors (Lipinski definition) is 4. The summed E-state index contributed by atoms with van der Waals surface area (Å²) in [5.41, 5.74) is 6.18. The summed E-state index contributed by atoms with van der Waals surface area (Å²) in [5.74, 6) is -0.500. The van der Waals surface area contributed by atoms with Gasteiger partial charge in [-0.2, -0.15) is 0 Å². The molecule has 1 aromatic carbocycles. The molecule has 16 heavy (non-hydrogen) atoms. The summed E-state index contributed by atoms with van der Waals surface area (Å²) in [7, 11) is 1.27. The highest BCUT2D eigenvalue weighted by Gasteiger charge is 2.11. The van der Waals surface area contributed by atoms with E-state index in [1.807, 2.05) is 0 Å². The molecule has 0 saturated heterocycles. The third kappa shape index (κ3) is 3.20. The molecular weight excluding hydrogens is 213 g/mol. The minimum Gasteiger partial charge on any atom is -0.482 e. The average molecular weight is 227 g/mol. The average Bonchev–Trinajstić information content (AvgIpc) is 2.26. The maximum atomic E-state index is 13.0. The minimum atomic E-state index is -0.500. The lowest BCUT2D eigenvalue weighted by atomic mass is 10.1. The first kappa shape index (κ1) is 12.4. The van der Waals surface area contributed by atoms with Crippen molar-refractivity contribution in [2.75, 3.05) is 13.7 Å². The lowest BCUT2D eigenvalue weighted by Crippen LogP contribution is -2.15. The molecule has 88 valence electrons. The summed E-state index contributed by atoms with van der Waals surface area (Å²) in [6, 6.07) is 3.61. The van der Waals surface area contributed by atoms with Gasteiger partial charge < -0.3 is 15.2 Å². The van der Waals surface area contributed by atoms with Gasteiger partial charge in [-0.25, -0.2) is 9.18 Å². The molecular formula is C11H14FNO3. The van der Waals surface area contributed by atoms with Crippen LogP contribution >= 0.6 is 0 Å². The molecule has 0 aliphatic heterocycles. The summed E-state index contributed by atoms with van der Waals surface area (Å²) < 4.78 is 22.6. The van der Waals surface area contributed by atoms with Gasteiger partial charge in [-0.1, -0.05) is 0 Å². The molecule has 1 atom stereocenters. The largest absolute Gasteiger partial charge is 0.482 e. The van der Waals surface area contributed by atoms with Crippen molar-refractivity contribution in [2.24, 2.45) is 5.73 Å². The first-order chi connectivity index (χ1) is 7.54. The summed E-state index contributed by atoms with van der Waals surface area (Å²) in [6.07, 6.45) is 0. The van der Waals surface area contributed by atoms with Gasteiger partial charge in [0, 0.05) is 11.6 Å². The van der Waals surface area contributed by atoms with Crippen molar-refractivity contribution in [1.29, 1.82) is 0 Å². The molecule has 0 unspecified atom stereocenters. The quantitative estimate of drug-likeness (QED) is 0.790. The normalized spacial score (nSPS) is 12.0. The number of esters is 1. The molecule has 0 fully saturated rings. The second kappa shape index (κ2) is 5.46. The Morgan fingerprint density at radius 3 is 2.81 bits per heavy atom. The fourth-order valence-corrected chi connectivity index (χ4v) is 1.20. The summed E-state index contributed by atoms with van der Waals surface area (Å²) in [5, 5.41) is 0. The van der Waals surface area contributed by atoms with Crippen molar-refractivity contribution in [3.63, 3.8) is 0 Å². The summed E-state index contributed by atoms with van der Waals surface area (Å²) >= 11 is 0. The Hall–Kier alpha value is -1.62. The van der Waals surface area contributed by atoms with E-state index in [-0.39, 0.29) is 12.6 Å². The smallest absolute Gasteiger partial charge is 0.343 e. The van der Waals surface area contributed by atoms with E-state index in [9.17, 15) is 9.18 Å². The standard InChI is InChI=1S/C11H14FNO3/c1-7(13)9-5-8(12)3-4-10(9)16-6-11(14)15-2/h3-5,7H,6,13H2,1-2H3/t7-/m0/s1. The number of carbonyl (C=O) groups is 1. The highest BCUT2D eigenvalue weighted by molar-refractivity contribution is 5.70. The van der Waals surface area contributed by atoms with Gasteiger partial charge in [-0.3, -0.25) is 0 Å². The third-order valence-electron chi connectivity index (χ3n) is 2.04. The Bertz CT molecular complexity index is 379. The van der Waals surface area contributed by atoms with Gasteiger partial charge in [0.15, 0.2) is 6.61 Å². The van der Waals surface area contributed by atoms with Crippen molar-refractivity contribution in [3.05, 3.63) is 29.6 Å². The molecule has 0 saturated carbocycles. The van der Waals surface area contributed by atoms with E-state index in [1.54, 1.807) is 6.92 Å². The van der Waals surface area contributed by atoms with Gasteiger partial charge in [0.25, 0.3) is 0 Å². The van der Waals surface area contributed by atoms with Crippen LogP contribution in [0.4, 0.5) is 4.39 Å². The number of nitrogens with two attached hydrogens (primary N) is 1. The zero-order valence-corrected chi connectivity index (χ0v) is 9.20. The van der Waals surface area contributed by atoms with Gasteiger partial charge in [0.2, 0.25) is 0 Å². The van der Waals surface area contributed by atoms with Crippen LogP contribution in [0.5, 0.6) is 5.75 Å². The van der Waals surface area contributed by atoms with Crippen molar-refractivity contribution in [1.82, 2.24) is 0 Å². The van der Waals surface area contributed by atoms with E-state index in [4.69, 9.17) is 10.5 Å². The van der Waals surface area contributed by atoms with Crippen LogP contribution in [0.3, 0.4) is 0 Å². The zero-order chi connectivity index (χ0) is 12.1. The van der Waals surface area contributed by atoms with Crippen LogP contribution in [0.15, 0.2) is 18.2 Å². The molecule has 0 aliphatic carbocycles. The highest BCUT2D eigenvalue weighted by Crippen LogP contribution is 2.24. The van der Waals surface area contributed by atoms with Gasteiger partial charge in [-0.05, 0) is 25.1 Å². The second-order valence-corrected chi connectivity index (χ2v) is 3.34. The van der Waals surface area contributed by atoms with Crippen LogP contribution in [0.1, 0.15) is 18.5 Å². The lowest BCUT2D eigenvalue weighted by molar-refractivity contribution is -0.142. The molecule has 0 radical (unpaired) electrons. The maximum absolute atomic E-state index is 13.0. The first-order valence-corrected chi connectivity index (χ1v) is 4.79.